The van der Waals surface area contributed by atoms with Crippen molar-refractivity contribution >= 4 is 5.97 Å². The van der Waals surface area contributed by atoms with E-state index in [9.17, 15) is 13.6 Å². The average molecular weight is 187 g/mol. The Balaban J connectivity index is 2.85. The largest absolute Gasteiger partial charge is 0.481 e. The minimum Gasteiger partial charge on any atom is -0.481 e. The van der Waals surface area contributed by atoms with Crippen molar-refractivity contribution in [1.82, 2.24) is 4.98 Å². The molecule has 1 aromatic heterocycles. The summed E-state index contributed by atoms with van der Waals surface area (Å²) in [5.74, 6) is -1.08. The van der Waals surface area contributed by atoms with Crippen LogP contribution >= 0.6 is 0 Å². The zero-order valence-corrected chi connectivity index (χ0v) is 6.58. The average Bonchev–Trinajstić information content (AvgIpc) is 2.03. The molecule has 0 atom stereocenters. The summed E-state index contributed by atoms with van der Waals surface area (Å²) in [6.07, 6.45) is -1.74. The number of rotatable bonds is 3. The van der Waals surface area contributed by atoms with Crippen LogP contribution in [-0.2, 0) is 11.2 Å². The van der Waals surface area contributed by atoms with Crippen molar-refractivity contribution in [2.24, 2.45) is 0 Å². The number of hydrogen-bond donors (Lipinski definition) is 1. The molecule has 3 nitrogen and oxygen atoms in total. The van der Waals surface area contributed by atoms with E-state index in [1.807, 2.05) is 0 Å². The number of aliphatic carboxylic acids is 1. The van der Waals surface area contributed by atoms with E-state index in [0.29, 0.717) is 0 Å². The van der Waals surface area contributed by atoms with Crippen LogP contribution in [-0.4, -0.2) is 16.1 Å². The van der Waals surface area contributed by atoms with Gasteiger partial charge in [0, 0.05) is 11.8 Å². The number of carboxylic acid groups (broad SMARTS) is 1. The molecule has 1 heterocycles. The summed E-state index contributed by atoms with van der Waals surface area (Å²) in [5, 5.41) is 8.37. The number of carboxylic acids is 1. The monoisotopic (exact) mass is 187 g/mol. The molecule has 0 fully saturated rings. The van der Waals surface area contributed by atoms with E-state index < -0.39 is 12.4 Å². The summed E-state index contributed by atoms with van der Waals surface area (Å²) in [7, 11) is 0. The van der Waals surface area contributed by atoms with Crippen molar-refractivity contribution in [2.45, 2.75) is 12.8 Å². The lowest BCUT2D eigenvalue weighted by atomic mass is 10.2. The van der Waals surface area contributed by atoms with E-state index in [4.69, 9.17) is 5.11 Å². The summed E-state index contributed by atoms with van der Waals surface area (Å²) in [6.45, 7) is 0. The molecule has 5 heteroatoms. The highest BCUT2D eigenvalue weighted by Gasteiger charge is 2.09. The van der Waals surface area contributed by atoms with Crippen LogP contribution in [0.2, 0.25) is 0 Å². The third kappa shape index (κ3) is 2.77. The fraction of sp³-hybridized carbons (Fsp3) is 0.250. The Morgan fingerprint density at radius 3 is 2.85 bits per heavy atom. The number of carbonyl (C=O) groups is 1. The van der Waals surface area contributed by atoms with Gasteiger partial charge in [0.1, 0.15) is 0 Å². The zero-order valence-electron chi connectivity index (χ0n) is 6.58. The fourth-order valence-corrected chi connectivity index (χ4v) is 0.884. The second-order valence-corrected chi connectivity index (χ2v) is 2.45. The van der Waals surface area contributed by atoms with Crippen LogP contribution in [0.5, 0.6) is 0 Å². The van der Waals surface area contributed by atoms with E-state index in [-0.39, 0.29) is 17.7 Å². The van der Waals surface area contributed by atoms with Gasteiger partial charge in [-0.25, -0.2) is 8.78 Å². The molecule has 70 valence electrons. The van der Waals surface area contributed by atoms with Crippen LogP contribution in [0.4, 0.5) is 8.78 Å². The van der Waals surface area contributed by atoms with Gasteiger partial charge >= 0.3 is 5.97 Å². The van der Waals surface area contributed by atoms with Gasteiger partial charge in [0.15, 0.2) is 0 Å². The molecule has 0 amide bonds. The minimum atomic E-state index is -2.59. The number of halogens is 2. The van der Waals surface area contributed by atoms with Gasteiger partial charge in [0.05, 0.1) is 12.1 Å². The second kappa shape index (κ2) is 3.93. The predicted molar refractivity (Wildman–Crippen MR) is 40.5 cm³/mol. The normalized spacial score (nSPS) is 10.4. The smallest absolute Gasteiger partial charge is 0.309 e. The number of nitrogens with zero attached hydrogens (tertiary/aromatic N) is 1. The molecular formula is C8H7F2NO2. The molecule has 0 bridgehead atoms. The van der Waals surface area contributed by atoms with Crippen LogP contribution in [0.15, 0.2) is 18.3 Å². The van der Waals surface area contributed by atoms with Crippen molar-refractivity contribution in [1.29, 1.82) is 0 Å². The summed E-state index contributed by atoms with van der Waals surface area (Å²) < 4.78 is 24.2. The molecule has 0 radical (unpaired) electrons. The minimum absolute atomic E-state index is 0.144. The molecule has 0 aliphatic carbocycles. The van der Waals surface area contributed by atoms with Gasteiger partial charge in [-0.1, -0.05) is 0 Å². The Morgan fingerprint density at radius 1 is 1.62 bits per heavy atom. The highest BCUT2D eigenvalue weighted by atomic mass is 19.3. The third-order valence-corrected chi connectivity index (χ3v) is 1.42. The highest BCUT2D eigenvalue weighted by molar-refractivity contribution is 5.69. The number of aromatic nitrogens is 1. The van der Waals surface area contributed by atoms with E-state index in [2.05, 4.69) is 4.98 Å². The van der Waals surface area contributed by atoms with E-state index in [0.717, 1.165) is 12.1 Å². The Labute approximate surface area is 73.0 Å². The van der Waals surface area contributed by atoms with Crippen molar-refractivity contribution in [3.8, 4) is 0 Å². The molecule has 0 saturated carbocycles. The van der Waals surface area contributed by atoms with Gasteiger partial charge in [-0.15, -0.1) is 0 Å². The van der Waals surface area contributed by atoms with Gasteiger partial charge in [-0.05, 0) is 12.1 Å². The van der Waals surface area contributed by atoms with Crippen LogP contribution in [0.1, 0.15) is 17.7 Å². The summed E-state index contributed by atoms with van der Waals surface area (Å²) >= 11 is 0. The molecule has 0 saturated heterocycles. The maximum absolute atomic E-state index is 12.1. The first-order chi connectivity index (χ1) is 6.09. The maximum atomic E-state index is 12.1. The Morgan fingerprint density at radius 2 is 2.31 bits per heavy atom. The zero-order chi connectivity index (χ0) is 9.84. The molecule has 0 aliphatic rings. The molecule has 1 aromatic rings. The Hall–Kier alpha value is -1.52. The predicted octanol–water partition coefficient (Wildman–Crippen LogP) is 1.65. The fourth-order valence-electron chi connectivity index (χ4n) is 0.884. The second-order valence-electron chi connectivity index (χ2n) is 2.45. The van der Waals surface area contributed by atoms with Gasteiger partial charge in [-0.3, -0.25) is 9.78 Å². The van der Waals surface area contributed by atoms with Crippen molar-refractivity contribution in [3.63, 3.8) is 0 Å². The van der Waals surface area contributed by atoms with Crippen LogP contribution in [0.3, 0.4) is 0 Å². The van der Waals surface area contributed by atoms with Crippen LogP contribution in [0, 0.1) is 0 Å². The number of hydrogen-bond acceptors (Lipinski definition) is 2. The summed E-state index contributed by atoms with van der Waals surface area (Å²) in [5.41, 5.74) is -0.0587. The molecule has 0 spiro atoms. The first kappa shape index (κ1) is 9.57. The van der Waals surface area contributed by atoms with Crippen LogP contribution < -0.4 is 0 Å². The van der Waals surface area contributed by atoms with E-state index in [1.165, 1.54) is 6.20 Å². The lowest BCUT2D eigenvalue weighted by Gasteiger charge is -2.00. The van der Waals surface area contributed by atoms with Crippen molar-refractivity contribution in [2.75, 3.05) is 0 Å². The quantitative estimate of drug-likeness (QED) is 0.782. The van der Waals surface area contributed by atoms with E-state index >= 15 is 0 Å². The standard InChI is InChI=1S/C8H7F2NO2/c9-8(10)5-1-2-11-6(3-5)4-7(12)13/h1-3,8H,4H2,(H,12,13). The topological polar surface area (TPSA) is 50.2 Å². The first-order valence-corrected chi connectivity index (χ1v) is 3.54. The molecule has 0 unspecified atom stereocenters. The Bertz CT molecular complexity index is 315. The van der Waals surface area contributed by atoms with Gasteiger partial charge < -0.3 is 5.11 Å². The van der Waals surface area contributed by atoms with Crippen molar-refractivity contribution < 1.29 is 18.7 Å². The molecular weight excluding hydrogens is 180 g/mol. The molecule has 1 rings (SSSR count). The summed E-state index contributed by atoms with van der Waals surface area (Å²) in [4.78, 5) is 13.9. The Kier molecular flexibility index (Phi) is 2.89. The molecule has 0 aromatic carbocycles. The molecule has 0 aliphatic heterocycles. The highest BCUT2D eigenvalue weighted by Crippen LogP contribution is 2.18. The van der Waals surface area contributed by atoms with Gasteiger partial charge in [0.25, 0.3) is 6.43 Å². The molecule has 1 N–H and O–H groups in total. The van der Waals surface area contributed by atoms with Gasteiger partial charge in [-0.2, -0.15) is 0 Å². The van der Waals surface area contributed by atoms with Gasteiger partial charge in [0.2, 0.25) is 0 Å². The van der Waals surface area contributed by atoms with Crippen LogP contribution in [0.25, 0.3) is 0 Å². The third-order valence-electron chi connectivity index (χ3n) is 1.42. The molecule has 13 heavy (non-hydrogen) atoms. The summed E-state index contributed by atoms with van der Waals surface area (Å²) in [6, 6.07) is 2.26. The first-order valence-electron chi connectivity index (χ1n) is 3.54. The number of alkyl halides is 2. The lowest BCUT2D eigenvalue weighted by Crippen LogP contribution is -2.02. The number of pyridine rings is 1. The SMILES string of the molecule is O=C(O)Cc1cc(C(F)F)ccn1. The van der Waals surface area contributed by atoms with Crippen molar-refractivity contribution in [3.05, 3.63) is 29.6 Å². The lowest BCUT2D eigenvalue weighted by molar-refractivity contribution is -0.136. The maximum Gasteiger partial charge on any atom is 0.309 e. The van der Waals surface area contributed by atoms with E-state index in [1.54, 1.807) is 0 Å².